The van der Waals surface area contributed by atoms with Crippen molar-refractivity contribution in [3.8, 4) is 0 Å². The van der Waals surface area contributed by atoms with Gasteiger partial charge in [-0.05, 0) is 116 Å². The monoisotopic (exact) mass is 1000 g/mol. The Morgan fingerprint density at radius 2 is 0.775 bits per heavy atom. The van der Waals surface area contributed by atoms with E-state index in [9.17, 15) is 19.0 Å². The van der Waals surface area contributed by atoms with E-state index in [2.05, 4.69) is 160 Å². The molecule has 0 aliphatic carbocycles. The Morgan fingerprint density at radius 1 is 0.437 bits per heavy atom. The molecule has 71 heavy (non-hydrogen) atoms. The summed E-state index contributed by atoms with van der Waals surface area (Å²) in [6, 6.07) is 0. The van der Waals surface area contributed by atoms with Crippen molar-refractivity contribution < 1.29 is 37.6 Å². The van der Waals surface area contributed by atoms with Gasteiger partial charge in [0.05, 0.1) is 13.2 Å². The van der Waals surface area contributed by atoms with Gasteiger partial charge in [0.25, 0.3) is 0 Å². The number of phosphoric ester groups is 1. The molecule has 0 saturated heterocycles. The molecule has 3 N–H and O–H groups in total. The van der Waals surface area contributed by atoms with Gasteiger partial charge in [-0.25, -0.2) is 4.57 Å². The first-order valence-electron chi connectivity index (χ1n) is 27.3. The number of esters is 2. The van der Waals surface area contributed by atoms with Crippen molar-refractivity contribution in [2.24, 2.45) is 5.73 Å². The van der Waals surface area contributed by atoms with Crippen LogP contribution in [0, 0.1) is 0 Å². The lowest BCUT2D eigenvalue weighted by Crippen LogP contribution is -2.29. The number of carbonyl (C=O) groups excluding carboxylic acids is 2. The Labute approximate surface area is 433 Å². The lowest BCUT2D eigenvalue weighted by atomic mass is 10.1. The first-order chi connectivity index (χ1) is 34.8. The molecule has 9 nitrogen and oxygen atoms in total. The molecule has 0 fully saturated rings. The third-order valence-corrected chi connectivity index (χ3v) is 11.7. The van der Waals surface area contributed by atoms with E-state index >= 15 is 0 Å². The topological polar surface area (TPSA) is 134 Å². The number of carbonyl (C=O) groups is 2. The molecule has 0 bridgehead atoms. The predicted molar refractivity (Wildman–Crippen MR) is 302 cm³/mol. The van der Waals surface area contributed by atoms with E-state index < -0.39 is 32.5 Å². The molecule has 0 aromatic heterocycles. The number of ether oxygens (including phenoxy) is 2. The number of phosphoric acid groups is 1. The van der Waals surface area contributed by atoms with Gasteiger partial charge in [0, 0.05) is 19.4 Å². The van der Waals surface area contributed by atoms with Crippen LogP contribution in [0.25, 0.3) is 0 Å². The van der Waals surface area contributed by atoms with E-state index in [1.807, 2.05) is 0 Å². The van der Waals surface area contributed by atoms with E-state index in [-0.39, 0.29) is 32.6 Å². The lowest BCUT2D eigenvalue weighted by molar-refractivity contribution is -0.161. The second-order valence-corrected chi connectivity index (χ2v) is 18.8. The highest BCUT2D eigenvalue weighted by atomic mass is 31.2. The molecule has 0 aromatic rings. The molecule has 0 aliphatic heterocycles. The van der Waals surface area contributed by atoms with Crippen molar-refractivity contribution in [1.29, 1.82) is 0 Å². The summed E-state index contributed by atoms with van der Waals surface area (Å²) < 4.78 is 32.9. The molecule has 400 valence electrons. The van der Waals surface area contributed by atoms with Crippen LogP contribution < -0.4 is 5.73 Å². The van der Waals surface area contributed by atoms with Gasteiger partial charge < -0.3 is 20.1 Å². The van der Waals surface area contributed by atoms with Gasteiger partial charge in [-0.1, -0.05) is 211 Å². The summed E-state index contributed by atoms with van der Waals surface area (Å²) in [6.07, 6.45) is 79.0. The lowest BCUT2D eigenvalue weighted by Gasteiger charge is -2.19. The van der Waals surface area contributed by atoms with E-state index in [1.54, 1.807) is 0 Å². The molecular formula is C61H98NO8P. The minimum absolute atomic E-state index is 0.0409. The number of rotatable bonds is 49. The van der Waals surface area contributed by atoms with Crippen LogP contribution >= 0.6 is 7.82 Å². The number of unbranched alkanes of at least 4 members (excludes halogenated alkanes) is 12. The maximum Gasteiger partial charge on any atom is 0.472 e. The van der Waals surface area contributed by atoms with Crippen molar-refractivity contribution in [3.63, 3.8) is 0 Å². The molecule has 0 rings (SSSR count). The Bertz CT molecular complexity index is 1660. The van der Waals surface area contributed by atoms with E-state index in [0.29, 0.717) is 12.8 Å². The van der Waals surface area contributed by atoms with Crippen molar-refractivity contribution in [2.75, 3.05) is 26.4 Å². The zero-order valence-electron chi connectivity index (χ0n) is 44.4. The average Bonchev–Trinajstić information content (AvgIpc) is 3.36. The van der Waals surface area contributed by atoms with E-state index in [0.717, 1.165) is 148 Å². The molecule has 0 aromatic carbocycles. The highest BCUT2D eigenvalue weighted by Crippen LogP contribution is 2.43. The third-order valence-electron chi connectivity index (χ3n) is 10.7. The molecule has 2 unspecified atom stereocenters. The van der Waals surface area contributed by atoms with Crippen LogP contribution in [0.3, 0.4) is 0 Å². The summed E-state index contributed by atoms with van der Waals surface area (Å²) in [6.45, 7) is 3.49. The van der Waals surface area contributed by atoms with Crippen molar-refractivity contribution in [2.45, 2.75) is 200 Å². The molecule has 0 amide bonds. The zero-order chi connectivity index (χ0) is 51.7. The van der Waals surface area contributed by atoms with E-state index in [1.165, 1.54) is 6.42 Å². The van der Waals surface area contributed by atoms with Gasteiger partial charge in [-0.3, -0.25) is 18.6 Å². The standard InChI is InChI=1S/C61H98NO8P/c1-3-5-7-9-11-13-15-17-18-19-20-21-22-23-24-25-26-27-28-29-30-31-32-33-34-35-36-37-38-39-40-42-44-46-48-50-52-54-61(64)70-59(58-69-71(65,66)68-56-55-62)57-67-60(63)53-51-49-47-45-43-41-16-14-12-10-8-6-4-2/h5,7-8,10-11,13-14,16-18,20-21,23-24,26-27,29-30,32-33,35-36,38-39,59H,3-4,6,9,12,15,19,22,25,28,31,34,37,40-58,62H2,1-2H3,(H,65,66)/b7-5-,10-8-,13-11-,16-14-,18-17-,21-20-,24-23-,27-26-,30-29-,33-32-,36-35-,39-38-. The van der Waals surface area contributed by atoms with Gasteiger partial charge in [-0.2, -0.15) is 0 Å². The first kappa shape index (κ1) is 66.9. The highest BCUT2D eigenvalue weighted by Gasteiger charge is 2.26. The highest BCUT2D eigenvalue weighted by molar-refractivity contribution is 7.47. The van der Waals surface area contributed by atoms with Gasteiger partial charge in [0.15, 0.2) is 6.10 Å². The Hall–Kier alpha value is -4.11. The molecule has 10 heteroatoms. The van der Waals surface area contributed by atoms with Crippen LogP contribution in [0.15, 0.2) is 146 Å². The maximum absolute atomic E-state index is 12.7. The van der Waals surface area contributed by atoms with Crippen LogP contribution in [-0.4, -0.2) is 49.3 Å². The minimum atomic E-state index is -4.40. The zero-order valence-corrected chi connectivity index (χ0v) is 45.3. The summed E-state index contributed by atoms with van der Waals surface area (Å²) in [5, 5.41) is 0. The van der Waals surface area contributed by atoms with Crippen LogP contribution in [0.2, 0.25) is 0 Å². The molecule has 0 spiro atoms. The largest absolute Gasteiger partial charge is 0.472 e. The molecule has 2 atom stereocenters. The van der Waals surface area contributed by atoms with Crippen LogP contribution in [0.1, 0.15) is 194 Å². The number of hydrogen-bond acceptors (Lipinski definition) is 8. The first-order valence-corrected chi connectivity index (χ1v) is 28.8. The number of nitrogens with two attached hydrogens (primary N) is 1. The van der Waals surface area contributed by atoms with Gasteiger partial charge in [-0.15, -0.1) is 0 Å². The third kappa shape index (κ3) is 55.1. The molecule has 0 saturated carbocycles. The number of hydrogen-bond donors (Lipinski definition) is 2. The fourth-order valence-corrected chi connectivity index (χ4v) is 7.46. The summed E-state index contributed by atoms with van der Waals surface area (Å²) >= 11 is 0. The maximum atomic E-state index is 12.7. The fraction of sp³-hybridized carbons (Fsp3) is 0.574. The molecule has 0 heterocycles. The second kappa shape index (κ2) is 55.2. The van der Waals surface area contributed by atoms with E-state index in [4.69, 9.17) is 24.3 Å². The minimum Gasteiger partial charge on any atom is -0.462 e. The summed E-state index contributed by atoms with van der Waals surface area (Å²) in [4.78, 5) is 35.0. The number of allylic oxidation sites excluding steroid dienone is 24. The summed E-state index contributed by atoms with van der Waals surface area (Å²) in [7, 11) is -4.40. The van der Waals surface area contributed by atoms with Crippen LogP contribution in [0.5, 0.6) is 0 Å². The predicted octanol–water partition coefficient (Wildman–Crippen LogP) is 17.2. The quantitative estimate of drug-likeness (QED) is 0.0264. The van der Waals surface area contributed by atoms with Gasteiger partial charge in [0.1, 0.15) is 6.61 Å². The van der Waals surface area contributed by atoms with Gasteiger partial charge in [0.2, 0.25) is 0 Å². The van der Waals surface area contributed by atoms with Gasteiger partial charge >= 0.3 is 19.8 Å². The van der Waals surface area contributed by atoms with Crippen molar-refractivity contribution >= 4 is 19.8 Å². The SMILES string of the molecule is CC/C=C\C/C=C\C/C=C\C/C=C\C/C=C\C/C=C\C/C=C\C/C=C\C/C=C\C/C=C\CCCCCCCCC(=O)OC(COC(=O)CCCCCCC/C=C\C/C=C\CCC)COP(=O)(O)OCCN. The Balaban J connectivity index is 4.06. The summed E-state index contributed by atoms with van der Waals surface area (Å²) in [5.74, 6) is -0.875. The smallest absolute Gasteiger partial charge is 0.462 e. The fourth-order valence-electron chi connectivity index (χ4n) is 6.70. The van der Waals surface area contributed by atoms with Crippen LogP contribution in [0.4, 0.5) is 0 Å². The Morgan fingerprint density at radius 3 is 1.15 bits per heavy atom. The molecule has 0 aliphatic rings. The molecular weight excluding hydrogens is 906 g/mol. The van der Waals surface area contributed by atoms with Crippen molar-refractivity contribution in [1.82, 2.24) is 0 Å². The van der Waals surface area contributed by atoms with Crippen molar-refractivity contribution in [3.05, 3.63) is 146 Å². The van der Waals surface area contributed by atoms with Crippen LogP contribution in [-0.2, 0) is 32.7 Å². The molecule has 0 radical (unpaired) electrons. The average molecular weight is 1000 g/mol. The second-order valence-electron chi connectivity index (χ2n) is 17.4. The summed E-state index contributed by atoms with van der Waals surface area (Å²) in [5.41, 5.74) is 5.36. The normalized spacial score (nSPS) is 14.3. The Kier molecular flexibility index (Phi) is 52.0.